The van der Waals surface area contributed by atoms with E-state index in [1.807, 2.05) is 6.07 Å². The number of aliphatic hydroxyl groups excluding tert-OH is 3. The van der Waals surface area contributed by atoms with Crippen molar-refractivity contribution in [3.8, 4) is 6.07 Å². The molecule has 2 aromatic rings. The molecule has 1 saturated heterocycles. The number of nitrogens with two attached hydrogens (primary N) is 1. The monoisotopic (exact) mass is 292 g/mol. The lowest BCUT2D eigenvalue weighted by molar-refractivity contribution is -0.0509. The first-order chi connectivity index (χ1) is 10.1. The maximum atomic E-state index is 10.0. The van der Waals surface area contributed by atoms with Gasteiger partial charge in [0.1, 0.15) is 24.4 Å². The molecule has 10 nitrogen and oxygen atoms in total. The van der Waals surface area contributed by atoms with Gasteiger partial charge in [-0.25, -0.2) is 0 Å². The Morgan fingerprint density at radius 1 is 1.38 bits per heavy atom. The standard InChI is InChI=1S/C11H12N6O4/c12-1-4-2-17(10-6(4)9(13)14-16-15-10)11-8(20)7(19)5(3-18)21-11/h2,5,7-8,11,18-20H,3H2,(H2,13,14,15)/t5-,7-,8-,11-/m1/s1. The highest BCUT2D eigenvalue weighted by molar-refractivity contribution is 5.91. The number of ether oxygens (including phenoxy) is 1. The molecule has 1 fully saturated rings. The molecule has 0 radical (unpaired) electrons. The number of nitrogen functional groups attached to an aromatic ring is 1. The summed E-state index contributed by atoms with van der Waals surface area (Å²) in [5.41, 5.74) is 6.09. The third kappa shape index (κ3) is 1.91. The molecule has 2 aromatic heterocycles. The predicted molar refractivity (Wildman–Crippen MR) is 67.5 cm³/mol. The van der Waals surface area contributed by atoms with Gasteiger partial charge in [-0.3, -0.25) is 0 Å². The van der Waals surface area contributed by atoms with Crippen LogP contribution in [0.2, 0.25) is 0 Å². The number of nitrogens with zero attached hydrogens (tertiary/aromatic N) is 5. The van der Waals surface area contributed by atoms with E-state index < -0.39 is 31.1 Å². The van der Waals surface area contributed by atoms with Crippen molar-refractivity contribution < 1.29 is 20.1 Å². The van der Waals surface area contributed by atoms with E-state index in [1.54, 1.807) is 0 Å². The van der Waals surface area contributed by atoms with E-state index in [0.29, 0.717) is 5.39 Å². The maximum Gasteiger partial charge on any atom is 0.171 e. The fraction of sp³-hybridized carbons (Fsp3) is 0.455. The molecule has 0 bridgehead atoms. The van der Waals surface area contributed by atoms with Crippen LogP contribution in [0.1, 0.15) is 11.8 Å². The molecule has 21 heavy (non-hydrogen) atoms. The average Bonchev–Trinajstić information content (AvgIpc) is 2.99. The highest BCUT2D eigenvalue weighted by Crippen LogP contribution is 2.33. The van der Waals surface area contributed by atoms with Gasteiger partial charge in [-0.15, -0.1) is 10.2 Å². The molecule has 1 aliphatic rings. The molecule has 3 heterocycles. The second kappa shape index (κ2) is 4.90. The zero-order valence-corrected chi connectivity index (χ0v) is 10.7. The normalized spacial score (nSPS) is 28.9. The minimum atomic E-state index is -1.29. The number of fused-ring (bicyclic) bond motifs is 1. The minimum Gasteiger partial charge on any atom is -0.394 e. The number of hydrogen-bond donors (Lipinski definition) is 4. The van der Waals surface area contributed by atoms with Crippen LogP contribution in [0.25, 0.3) is 11.0 Å². The van der Waals surface area contributed by atoms with E-state index in [-0.39, 0.29) is 17.0 Å². The third-order valence-corrected chi connectivity index (χ3v) is 3.47. The first-order valence-corrected chi connectivity index (χ1v) is 6.10. The topological polar surface area (TPSA) is 163 Å². The van der Waals surface area contributed by atoms with Crippen molar-refractivity contribution in [3.05, 3.63) is 11.8 Å². The summed E-state index contributed by atoms with van der Waals surface area (Å²) in [6, 6.07) is 1.95. The van der Waals surface area contributed by atoms with Crippen LogP contribution in [0.15, 0.2) is 6.20 Å². The van der Waals surface area contributed by atoms with Crippen molar-refractivity contribution in [3.63, 3.8) is 0 Å². The second-order valence-electron chi connectivity index (χ2n) is 4.66. The number of aromatic nitrogens is 4. The van der Waals surface area contributed by atoms with E-state index in [1.165, 1.54) is 10.8 Å². The largest absolute Gasteiger partial charge is 0.394 e. The lowest BCUT2D eigenvalue weighted by Gasteiger charge is -2.16. The lowest BCUT2D eigenvalue weighted by atomic mass is 10.1. The summed E-state index contributed by atoms with van der Waals surface area (Å²) < 4.78 is 6.75. The Morgan fingerprint density at radius 3 is 2.76 bits per heavy atom. The quantitative estimate of drug-likeness (QED) is 0.485. The van der Waals surface area contributed by atoms with Gasteiger partial charge in [-0.2, -0.15) is 5.26 Å². The SMILES string of the molecule is N#Cc1cn([C@@H]2O[C@H](CO)[C@@H](O)[C@H]2O)c2nnnc(N)c12. The summed E-state index contributed by atoms with van der Waals surface area (Å²) in [5, 5.41) is 49.2. The van der Waals surface area contributed by atoms with Crippen LogP contribution in [0.3, 0.4) is 0 Å². The molecular formula is C11H12N6O4. The van der Waals surface area contributed by atoms with Gasteiger partial charge < -0.3 is 30.4 Å². The van der Waals surface area contributed by atoms with Crippen molar-refractivity contribution >= 4 is 16.9 Å². The number of hydrogen-bond acceptors (Lipinski definition) is 9. The Morgan fingerprint density at radius 2 is 2.14 bits per heavy atom. The van der Waals surface area contributed by atoms with Gasteiger partial charge in [-0.05, 0) is 5.21 Å². The van der Waals surface area contributed by atoms with Crippen molar-refractivity contribution in [1.82, 2.24) is 20.0 Å². The first kappa shape index (κ1) is 13.7. The Kier molecular flexibility index (Phi) is 3.19. The van der Waals surface area contributed by atoms with Crippen LogP contribution in [0, 0.1) is 11.3 Å². The van der Waals surface area contributed by atoms with Crippen LogP contribution >= 0.6 is 0 Å². The molecule has 4 atom stereocenters. The zero-order valence-electron chi connectivity index (χ0n) is 10.7. The fourth-order valence-electron chi connectivity index (χ4n) is 2.42. The first-order valence-electron chi connectivity index (χ1n) is 6.10. The highest BCUT2D eigenvalue weighted by Gasteiger charge is 2.44. The molecule has 0 unspecified atom stereocenters. The number of anilines is 1. The Bertz CT molecular complexity index is 725. The van der Waals surface area contributed by atoms with Crippen molar-refractivity contribution in [1.29, 1.82) is 5.26 Å². The molecule has 1 aliphatic heterocycles. The number of rotatable bonds is 2. The summed E-state index contributed by atoms with van der Waals surface area (Å²) in [5.74, 6) is 0.0297. The maximum absolute atomic E-state index is 10.0. The Hall–Kier alpha value is -2.32. The zero-order chi connectivity index (χ0) is 15.1. The van der Waals surface area contributed by atoms with E-state index >= 15 is 0 Å². The number of aliphatic hydroxyl groups is 3. The molecule has 3 rings (SSSR count). The minimum absolute atomic E-state index is 0.0297. The predicted octanol–water partition coefficient (Wildman–Crippen LogP) is -2.11. The Labute approximate surface area is 118 Å². The van der Waals surface area contributed by atoms with Gasteiger partial charge in [0.05, 0.1) is 17.6 Å². The number of nitriles is 1. The van der Waals surface area contributed by atoms with Crippen LogP contribution in [-0.4, -0.2) is 60.2 Å². The summed E-state index contributed by atoms with van der Waals surface area (Å²) in [4.78, 5) is 0. The van der Waals surface area contributed by atoms with Gasteiger partial charge in [0, 0.05) is 6.20 Å². The Balaban J connectivity index is 2.14. The van der Waals surface area contributed by atoms with Gasteiger partial charge in [0.15, 0.2) is 17.7 Å². The van der Waals surface area contributed by atoms with Gasteiger partial charge in [0.25, 0.3) is 0 Å². The fourth-order valence-corrected chi connectivity index (χ4v) is 2.42. The van der Waals surface area contributed by atoms with Crippen LogP contribution in [0.5, 0.6) is 0 Å². The van der Waals surface area contributed by atoms with E-state index in [0.717, 1.165) is 0 Å². The molecule has 0 spiro atoms. The summed E-state index contributed by atoms with van der Waals surface area (Å²) >= 11 is 0. The van der Waals surface area contributed by atoms with Crippen molar-refractivity contribution in [2.24, 2.45) is 0 Å². The van der Waals surface area contributed by atoms with E-state index in [4.69, 9.17) is 20.8 Å². The average molecular weight is 292 g/mol. The molecule has 0 saturated carbocycles. The molecule has 0 amide bonds. The molecule has 5 N–H and O–H groups in total. The van der Waals surface area contributed by atoms with E-state index in [9.17, 15) is 10.2 Å². The smallest absolute Gasteiger partial charge is 0.171 e. The third-order valence-electron chi connectivity index (χ3n) is 3.47. The summed E-state index contributed by atoms with van der Waals surface area (Å²) in [6.07, 6.45) is -3.11. The molecule has 110 valence electrons. The van der Waals surface area contributed by atoms with Gasteiger partial charge in [0.2, 0.25) is 0 Å². The molecule has 0 aliphatic carbocycles. The lowest BCUT2D eigenvalue weighted by Crippen LogP contribution is -2.33. The van der Waals surface area contributed by atoms with Crippen LogP contribution in [-0.2, 0) is 4.74 Å². The highest BCUT2D eigenvalue weighted by atomic mass is 16.6. The molecule has 0 aromatic carbocycles. The summed E-state index contributed by atoms with van der Waals surface area (Å²) in [6.45, 7) is -0.450. The molecule has 10 heteroatoms. The second-order valence-corrected chi connectivity index (χ2v) is 4.66. The molecular weight excluding hydrogens is 280 g/mol. The summed E-state index contributed by atoms with van der Waals surface area (Å²) in [7, 11) is 0. The van der Waals surface area contributed by atoms with Crippen molar-refractivity contribution in [2.45, 2.75) is 24.5 Å². The van der Waals surface area contributed by atoms with Gasteiger partial charge in [-0.1, -0.05) is 0 Å². The van der Waals surface area contributed by atoms with E-state index in [2.05, 4.69) is 15.4 Å². The van der Waals surface area contributed by atoms with Crippen LogP contribution in [0.4, 0.5) is 5.82 Å². The van der Waals surface area contributed by atoms with Crippen LogP contribution < -0.4 is 5.73 Å². The van der Waals surface area contributed by atoms with Gasteiger partial charge >= 0.3 is 0 Å². The van der Waals surface area contributed by atoms with Crippen molar-refractivity contribution in [2.75, 3.05) is 12.3 Å².